The highest BCUT2D eigenvalue weighted by Crippen LogP contribution is 2.21. The van der Waals surface area contributed by atoms with Gasteiger partial charge in [0.05, 0.1) is 12.4 Å². The molecule has 1 saturated heterocycles. The Morgan fingerprint density at radius 2 is 2.67 bits per heavy atom. The summed E-state index contributed by atoms with van der Waals surface area (Å²) >= 11 is 5.98. The Kier molecular flexibility index (Phi) is 2.92. The first-order valence-electron chi connectivity index (χ1n) is 3.43. The Balaban J connectivity index is 2.60. The van der Waals surface area contributed by atoms with Gasteiger partial charge in [-0.25, -0.2) is 4.79 Å². The Hall–Kier alpha value is -0.330. The third-order valence-corrected chi connectivity index (χ3v) is 2.72. The lowest BCUT2D eigenvalue weighted by atomic mass is 10.3. The molecule has 0 spiro atoms. The van der Waals surface area contributed by atoms with E-state index in [1.807, 2.05) is 0 Å². The topological polar surface area (TPSA) is 58.6 Å². The van der Waals surface area contributed by atoms with E-state index in [0.29, 0.717) is 4.32 Å². The minimum Gasteiger partial charge on any atom is -0.462 e. The van der Waals surface area contributed by atoms with E-state index in [1.165, 1.54) is 11.8 Å². The van der Waals surface area contributed by atoms with Gasteiger partial charge in [0.25, 0.3) is 0 Å². The van der Waals surface area contributed by atoms with E-state index in [1.54, 1.807) is 6.92 Å². The molecule has 1 fully saturated rings. The number of esters is 1. The molecule has 6 heteroatoms. The van der Waals surface area contributed by atoms with Crippen molar-refractivity contribution in [1.29, 1.82) is 0 Å². The molecule has 1 rings (SSSR count). The van der Waals surface area contributed by atoms with E-state index in [0.717, 1.165) is 0 Å². The van der Waals surface area contributed by atoms with Crippen molar-refractivity contribution in [3.05, 3.63) is 0 Å². The molecule has 0 bridgehead atoms. The van der Waals surface area contributed by atoms with E-state index < -0.39 is 11.7 Å². The van der Waals surface area contributed by atoms with Crippen LogP contribution in [0.5, 0.6) is 0 Å². The van der Waals surface area contributed by atoms with Gasteiger partial charge in [-0.15, -0.1) is 0 Å². The van der Waals surface area contributed by atoms with Gasteiger partial charge < -0.3 is 15.2 Å². The third-order valence-electron chi connectivity index (χ3n) is 1.33. The zero-order chi connectivity index (χ0) is 9.19. The predicted octanol–water partition coefficient (Wildman–Crippen LogP) is -0.141. The van der Waals surface area contributed by atoms with Crippen LogP contribution in [0.2, 0.25) is 0 Å². The van der Waals surface area contributed by atoms with Gasteiger partial charge in [-0.2, -0.15) is 0 Å². The van der Waals surface area contributed by atoms with Crippen LogP contribution in [-0.4, -0.2) is 33.5 Å². The number of hydrogen-bond acceptors (Lipinski definition) is 5. The molecule has 0 amide bonds. The first-order chi connectivity index (χ1) is 5.58. The standard InChI is InChI=1S/C6H9NO3S2/c1-2-10-4(8)6(9)3-12-5(11)7-6/h9H,2-3H2,1H3,(H,7,11). The van der Waals surface area contributed by atoms with Crippen molar-refractivity contribution in [2.45, 2.75) is 12.6 Å². The highest BCUT2D eigenvalue weighted by atomic mass is 32.2. The fourth-order valence-electron chi connectivity index (χ4n) is 0.771. The molecule has 0 aromatic carbocycles. The predicted molar refractivity (Wildman–Crippen MR) is 49.8 cm³/mol. The lowest BCUT2D eigenvalue weighted by Crippen LogP contribution is -2.51. The average Bonchev–Trinajstić information content (AvgIpc) is 2.33. The Morgan fingerprint density at radius 3 is 3.08 bits per heavy atom. The molecule has 0 saturated carbocycles. The molecule has 1 aliphatic heterocycles. The summed E-state index contributed by atoms with van der Waals surface area (Å²) in [6, 6.07) is 0. The van der Waals surface area contributed by atoms with Gasteiger partial charge >= 0.3 is 5.97 Å². The maximum absolute atomic E-state index is 11.1. The van der Waals surface area contributed by atoms with Gasteiger partial charge in [0.1, 0.15) is 4.32 Å². The van der Waals surface area contributed by atoms with Crippen LogP contribution in [0.15, 0.2) is 0 Å². The fourth-order valence-corrected chi connectivity index (χ4v) is 1.89. The van der Waals surface area contributed by atoms with Crippen LogP contribution in [0.3, 0.4) is 0 Å². The molecule has 2 N–H and O–H groups in total. The summed E-state index contributed by atoms with van der Waals surface area (Å²) in [6.07, 6.45) is 0. The van der Waals surface area contributed by atoms with E-state index >= 15 is 0 Å². The summed E-state index contributed by atoms with van der Waals surface area (Å²) < 4.78 is 5.07. The third kappa shape index (κ3) is 1.88. The number of rotatable bonds is 2. The van der Waals surface area contributed by atoms with Crippen molar-refractivity contribution in [2.24, 2.45) is 0 Å². The summed E-state index contributed by atoms with van der Waals surface area (Å²) in [5, 5.41) is 12.1. The molecule has 0 aromatic heterocycles. The first-order valence-corrected chi connectivity index (χ1v) is 4.82. The SMILES string of the molecule is CCOC(=O)C1(O)CSC(=S)N1. The molecule has 1 unspecified atom stereocenters. The summed E-state index contributed by atoms with van der Waals surface area (Å²) in [7, 11) is 0. The molecule has 68 valence electrons. The van der Waals surface area contributed by atoms with E-state index in [-0.39, 0.29) is 12.4 Å². The van der Waals surface area contributed by atoms with Gasteiger partial charge in [0.2, 0.25) is 5.72 Å². The number of aliphatic hydroxyl groups is 1. The maximum atomic E-state index is 11.1. The largest absolute Gasteiger partial charge is 0.462 e. The first kappa shape index (κ1) is 9.76. The maximum Gasteiger partial charge on any atom is 0.360 e. The second kappa shape index (κ2) is 3.59. The molecule has 0 aromatic rings. The second-order valence-electron chi connectivity index (χ2n) is 2.28. The summed E-state index contributed by atoms with van der Waals surface area (Å²) in [6.45, 7) is 1.93. The minimum absolute atomic E-state index is 0.213. The molecule has 1 atom stereocenters. The van der Waals surface area contributed by atoms with Gasteiger partial charge in [0, 0.05) is 0 Å². The van der Waals surface area contributed by atoms with Crippen LogP contribution in [0.25, 0.3) is 0 Å². The lowest BCUT2D eigenvalue weighted by molar-refractivity contribution is -0.163. The Morgan fingerprint density at radius 1 is 2.00 bits per heavy atom. The number of thiocarbonyl (C=S) groups is 1. The monoisotopic (exact) mass is 207 g/mol. The van der Waals surface area contributed by atoms with Crippen molar-refractivity contribution in [3.63, 3.8) is 0 Å². The van der Waals surface area contributed by atoms with Gasteiger partial charge in [-0.3, -0.25) is 0 Å². The number of carbonyl (C=O) groups is 1. The normalized spacial score (nSPS) is 28.3. The van der Waals surface area contributed by atoms with Crippen molar-refractivity contribution in [3.8, 4) is 0 Å². The summed E-state index contributed by atoms with van der Waals surface area (Å²) in [4.78, 5) is 11.1. The zero-order valence-corrected chi connectivity index (χ0v) is 8.13. The van der Waals surface area contributed by atoms with Gasteiger partial charge in [0.15, 0.2) is 0 Å². The van der Waals surface area contributed by atoms with Crippen LogP contribution < -0.4 is 5.32 Å². The smallest absolute Gasteiger partial charge is 0.360 e. The van der Waals surface area contributed by atoms with Crippen molar-refractivity contribution >= 4 is 34.3 Å². The van der Waals surface area contributed by atoms with Crippen molar-refractivity contribution in [2.75, 3.05) is 12.4 Å². The van der Waals surface area contributed by atoms with Gasteiger partial charge in [-0.05, 0) is 6.92 Å². The Bertz CT molecular complexity index is 221. The summed E-state index contributed by atoms with van der Waals surface area (Å²) in [5.41, 5.74) is -1.61. The van der Waals surface area contributed by atoms with E-state index in [2.05, 4.69) is 10.1 Å². The Labute approximate surface area is 79.7 Å². The van der Waals surface area contributed by atoms with Crippen molar-refractivity contribution in [1.82, 2.24) is 5.32 Å². The highest BCUT2D eigenvalue weighted by Gasteiger charge is 2.43. The number of carbonyl (C=O) groups excluding carboxylic acids is 1. The van der Waals surface area contributed by atoms with Gasteiger partial charge in [-0.1, -0.05) is 24.0 Å². The van der Waals surface area contributed by atoms with E-state index in [4.69, 9.17) is 12.2 Å². The van der Waals surface area contributed by atoms with Crippen LogP contribution in [0, 0.1) is 0 Å². The second-order valence-corrected chi connectivity index (χ2v) is 3.93. The lowest BCUT2D eigenvalue weighted by Gasteiger charge is -2.18. The molecule has 4 nitrogen and oxygen atoms in total. The number of nitrogens with one attached hydrogen (secondary N) is 1. The molecule has 0 radical (unpaired) electrons. The van der Waals surface area contributed by atoms with E-state index in [9.17, 15) is 9.90 Å². The molecule has 12 heavy (non-hydrogen) atoms. The zero-order valence-electron chi connectivity index (χ0n) is 6.49. The molecule has 1 aliphatic rings. The highest BCUT2D eigenvalue weighted by molar-refractivity contribution is 8.23. The molecule has 1 heterocycles. The molecule has 0 aliphatic carbocycles. The molecular formula is C6H9NO3S2. The van der Waals surface area contributed by atoms with Crippen LogP contribution in [0.1, 0.15) is 6.92 Å². The quantitative estimate of drug-likeness (QED) is 0.485. The average molecular weight is 207 g/mol. The minimum atomic E-state index is -1.61. The van der Waals surface area contributed by atoms with Crippen LogP contribution in [0.4, 0.5) is 0 Å². The van der Waals surface area contributed by atoms with Crippen LogP contribution in [-0.2, 0) is 9.53 Å². The summed E-state index contributed by atoms with van der Waals surface area (Å²) in [5.74, 6) is -0.456. The molecular weight excluding hydrogens is 198 g/mol. The number of thioether (sulfide) groups is 1. The van der Waals surface area contributed by atoms with Crippen LogP contribution >= 0.6 is 24.0 Å². The number of ether oxygens (including phenoxy) is 1. The number of hydrogen-bond donors (Lipinski definition) is 2. The fraction of sp³-hybridized carbons (Fsp3) is 0.667. The van der Waals surface area contributed by atoms with Crippen molar-refractivity contribution < 1.29 is 14.6 Å².